The molecule has 0 saturated heterocycles. The fraction of sp³-hybridized carbons (Fsp3) is 0.450. The van der Waals surface area contributed by atoms with Crippen LogP contribution < -0.4 is 5.32 Å². The van der Waals surface area contributed by atoms with Crippen molar-refractivity contribution in [3.63, 3.8) is 0 Å². The highest BCUT2D eigenvalue weighted by molar-refractivity contribution is 5.83. The Bertz CT molecular complexity index is 707. The minimum absolute atomic E-state index is 0.0267. The maximum absolute atomic E-state index is 12.3. The molecule has 1 heterocycles. The van der Waals surface area contributed by atoms with Gasteiger partial charge in [0.25, 0.3) is 0 Å². The van der Waals surface area contributed by atoms with Gasteiger partial charge in [-0.1, -0.05) is 24.3 Å². The van der Waals surface area contributed by atoms with Gasteiger partial charge in [-0.2, -0.15) is 0 Å². The summed E-state index contributed by atoms with van der Waals surface area (Å²) in [7, 11) is 0. The number of nitrogens with one attached hydrogen (secondary N) is 1. The maximum atomic E-state index is 12.3. The van der Waals surface area contributed by atoms with Crippen LogP contribution in [0.15, 0.2) is 43.0 Å². The first-order valence-electron chi connectivity index (χ1n) is 8.98. The average Bonchev–Trinajstić information content (AvgIpc) is 3.27. The Morgan fingerprint density at radius 2 is 2.16 bits per heavy atom. The first kappa shape index (κ1) is 17.4. The number of imidazole rings is 1. The number of benzene rings is 1. The molecule has 0 unspecified atom stereocenters. The van der Waals surface area contributed by atoms with Gasteiger partial charge in [0.2, 0.25) is 5.91 Å². The molecule has 1 aliphatic carbocycles. The molecule has 2 aromatic rings. The highest BCUT2D eigenvalue weighted by Crippen LogP contribution is 2.25. The van der Waals surface area contributed by atoms with Crippen LogP contribution in [0.1, 0.15) is 43.2 Å². The van der Waals surface area contributed by atoms with Crippen molar-refractivity contribution in [2.75, 3.05) is 6.54 Å². The molecule has 1 aliphatic rings. The van der Waals surface area contributed by atoms with E-state index in [0.29, 0.717) is 18.9 Å². The molecule has 0 bridgehead atoms. The highest BCUT2D eigenvalue weighted by Gasteiger charge is 2.24. The van der Waals surface area contributed by atoms with E-state index in [2.05, 4.69) is 22.4 Å². The lowest BCUT2D eigenvalue weighted by molar-refractivity contribution is -0.122. The van der Waals surface area contributed by atoms with E-state index in [-0.39, 0.29) is 17.7 Å². The molecule has 1 saturated carbocycles. The van der Waals surface area contributed by atoms with Gasteiger partial charge in [0.1, 0.15) is 5.78 Å². The SMILES string of the molecule is C[C@@H](C(=O)NCCn1ccnc1)c1ccc(C[C@H]2CCCC2=O)cc1. The number of aromatic nitrogens is 2. The topological polar surface area (TPSA) is 64.0 Å². The van der Waals surface area contributed by atoms with Gasteiger partial charge in [0, 0.05) is 37.8 Å². The van der Waals surface area contributed by atoms with Crippen molar-refractivity contribution in [3.8, 4) is 0 Å². The molecule has 1 amide bonds. The number of hydrogen-bond donors (Lipinski definition) is 1. The van der Waals surface area contributed by atoms with E-state index in [9.17, 15) is 9.59 Å². The number of Topliss-reactive ketones (excluding diaryl/α,β-unsaturated/α-hetero) is 1. The zero-order chi connectivity index (χ0) is 17.6. The molecule has 1 fully saturated rings. The molecule has 5 nitrogen and oxygen atoms in total. The molecule has 25 heavy (non-hydrogen) atoms. The van der Waals surface area contributed by atoms with Crippen molar-refractivity contribution < 1.29 is 9.59 Å². The lowest BCUT2D eigenvalue weighted by atomic mass is 9.94. The molecule has 0 radical (unpaired) electrons. The largest absolute Gasteiger partial charge is 0.354 e. The van der Waals surface area contributed by atoms with Crippen LogP contribution in [0.3, 0.4) is 0 Å². The third-order valence-electron chi connectivity index (χ3n) is 5.01. The van der Waals surface area contributed by atoms with Crippen LogP contribution in [0, 0.1) is 5.92 Å². The number of carbonyl (C=O) groups excluding carboxylic acids is 2. The standard InChI is InChI=1S/C20H25N3O2/c1-15(20(25)22-10-12-23-11-9-21-14-23)17-7-5-16(6-8-17)13-18-3-2-4-19(18)24/h5-9,11,14-15,18H,2-4,10,12-13H2,1H3,(H,22,25)/t15-,18-/m1/s1. The Balaban J connectivity index is 1.50. The number of carbonyl (C=O) groups is 2. The number of rotatable bonds is 7. The number of amides is 1. The fourth-order valence-corrected chi connectivity index (χ4v) is 3.36. The predicted molar refractivity (Wildman–Crippen MR) is 96.1 cm³/mol. The summed E-state index contributed by atoms with van der Waals surface area (Å²) >= 11 is 0. The van der Waals surface area contributed by atoms with Crippen molar-refractivity contribution in [3.05, 3.63) is 54.1 Å². The van der Waals surface area contributed by atoms with E-state index >= 15 is 0 Å². The van der Waals surface area contributed by atoms with Gasteiger partial charge >= 0.3 is 0 Å². The van der Waals surface area contributed by atoms with Crippen LogP contribution in [0.2, 0.25) is 0 Å². The molecule has 5 heteroatoms. The molecule has 132 valence electrons. The normalized spacial score (nSPS) is 18.3. The quantitative estimate of drug-likeness (QED) is 0.843. The summed E-state index contributed by atoms with van der Waals surface area (Å²) in [5.74, 6) is 0.424. The van der Waals surface area contributed by atoms with Crippen LogP contribution >= 0.6 is 0 Å². The fourth-order valence-electron chi connectivity index (χ4n) is 3.36. The van der Waals surface area contributed by atoms with Crippen LogP contribution in [0.4, 0.5) is 0 Å². The van der Waals surface area contributed by atoms with Crippen molar-refractivity contribution in [2.24, 2.45) is 5.92 Å². The first-order valence-corrected chi connectivity index (χ1v) is 8.98. The van der Waals surface area contributed by atoms with E-state index < -0.39 is 0 Å². The molecular formula is C20H25N3O2. The minimum Gasteiger partial charge on any atom is -0.354 e. The maximum Gasteiger partial charge on any atom is 0.227 e. The summed E-state index contributed by atoms with van der Waals surface area (Å²) in [6.45, 7) is 3.22. The Hall–Kier alpha value is -2.43. The average molecular weight is 339 g/mol. The Morgan fingerprint density at radius 3 is 2.80 bits per heavy atom. The van der Waals surface area contributed by atoms with Crippen molar-refractivity contribution >= 4 is 11.7 Å². The summed E-state index contributed by atoms with van der Waals surface area (Å²) in [5, 5.41) is 2.97. The highest BCUT2D eigenvalue weighted by atomic mass is 16.1. The van der Waals surface area contributed by atoms with E-state index in [1.54, 1.807) is 12.5 Å². The number of nitrogens with zero attached hydrogens (tertiary/aromatic N) is 2. The van der Waals surface area contributed by atoms with E-state index in [4.69, 9.17) is 0 Å². The van der Waals surface area contributed by atoms with Crippen molar-refractivity contribution in [1.82, 2.24) is 14.9 Å². The molecule has 0 spiro atoms. The van der Waals surface area contributed by atoms with Gasteiger partial charge in [0.05, 0.1) is 12.2 Å². The summed E-state index contributed by atoms with van der Waals surface area (Å²) in [6.07, 6.45) is 8.94. The first-order chi connectivity index (χ1) is 12.1. The summed E-state index contributed by atoms with van der Waals surface area (Å²) < 4.78 is 1.93. The Kier molecular flexibility index (Phi) is 5.64. The second-order valence-corrected chi connectivity index (χ2v) is 6.81. The van der Waals surface area contributed by atoms with E-state index in [1.165, 1.54) is 5.56 Å². The van der Waals surface area contributed by atoms with Gasteiger partial charge < -0.3 is 9.88 Å². The summed E-state index contributed by atoms with van der Waals surface area (Å²) in [6, 6.07) is 8.12. The Morgan fingerprint density at radius 1 is 1.36 bits per heavy atom. The molecule has 1 N–H and O–H groups in total. The molecule has 3 rings (SSSR count). The van der Waals surface area contributed by atoms with Crippen LogP contribution in [-0.4, -0.2) is 27.8 Å². The molecule has 1 aromatic heterocycles. The van der Waals surface area contributed by atoms with Gasteiger partial charge in [-0.15, -0.1) is 0 Å². The van der Waals surface area contributed by atoms with Crippen LogP contribution in [0.5, 0.6) is 0 Å². The molecule has 0 aliphatic heterocycles. The second kappa shape index (κ2) is 8.10. The van der Waals surface area contributed by atoms with Crippen LogP contribution in [0.25, 0.3) is 0 Å². The second-order valence-electron chi connectivity index (χ2n) is 6.81. The van der Waals surface area contributed by atoms with Gasteiger partial charge in [-0.3, -0.25) is 9.59 Å². The number of hydrogen-bond acceptors (Lipinski definition) is 3. The Labute approximate surface area is 148 Å². The molecule has 1 aromatic carbocycles. The number of ketones is 1. The molecule has 2 atom stereocenters. The summed E-state index contributed by atoms with van der Waals surface area (Å²) in [5.41, 5.74) is 2.18. The third-order valence-corrected chi connectivity index (χ3v) is 5.01. The lowest BCUT2D eigenvalue weighted by Crippen LogP contribution is -2.30. The zero-order valence-corrected chi connectivity index (χ0v) is 14.6. The zero-order valence-electron chi connectivity index (χ0n) is 14.6. The third kappa shape index (κ3) is 4.56. The smallest absolute Gasteiger partial charge is 0.227 e. The van der Waals surface area contributed by atoms with Gasteiger partial charge in [0.15, 0.2) is 0 Å². The van der Waals surface area contributed by atoms with Crippen molar-refractivity contribution in [1.29, 1.82) is 0 Å². The predicted octanol–water partition coefficient (Wildman–Crippen LogP) is 2.71. The van der Waals surface area contributed by atoms with E-state index in [1.807, 2.05) is 29.8 Å². The lowest BCUT2D eigenvalue weighted by Gasteiger charge is -2.14. The van der Waals surface area contributed by atoms with Crippen LogP contribution in [-0.2, 0) is 22.6 Å². The van der Waals surface area contributed by atoms with Gasteiger partial charge in [-0.05, 0) is 37.3 Å². The molecular weight excluding hydrogens is 314 g/mol. The minimum atomic E-state index is -0.190. The van der Waals surface area contributed by atoms with E-state index in [0.717, 1.165) is 31.2 Å². The monoisotopic (exact) mass is 339 g/mol. The van der Waals surface area contributed by atoms with Crippen molar-refractivity contribution in [2.45, 2.75) is 45.1 Å². The van der Waals surface area contributed by atoms with Gasteiger partial charge in [-0.25, -0.2) is 4.98 Å². The summed E-state index contributed by atoms with van der Waals surface area (Å²) in [4.78, 5) is 28.0.